The van der Waals surface area contributed by atoms with Gasteiger partial charge in [0.15, 0.2) is 28.8 Å². The van der Waals surface area contributed by atoms with E-state index in [0.717, 1.165) is 35.6 Å². The second-order valence-electron chi connectivity index (χ2n) is 7.99. The molecule has 1 saturated carbocycles. The highest BCUT2D eigenvalue weighted by Crippen LogP contribution is 2.30. The van der Waals surface area contributed by atoms with Gasteiger partial charge in [-0.15, -0.1) is 10.2 Å². The average Bonchev–Trinajstić information content (AvgIpc) is 3.25. The van der Waals surface area contributed by atoms with Crippen molar-refractivity contribution in [3.8, 4) is 11.4 Å². The van der Waals surface area contributed by atoms with Crippen LogP contribution in [-0.2, 0) is 22.6 Å². The molecule has 1 aliphatic rings. The topological polar surface area (TPSA) is 140 Å². The van der Waals surface area contributed by atoms with E-state index in [4.69, 9.17) is 4.74 Å². The Morgan fingerprint density at radius 2 is 2.03 bits per heavy atom. The Morgan fingerprint density at radius 3 is 2.88 bits per heavy atom. The van der Waals surface area contributed by atoms with Crippen LogP contribution in [0, 0.1) is 5.92 Å². The van der Waals surface area contributed by atoms with Crippen LogP contribution in [0.2, 0.25) is 0 Å². The van der Waals surface area contributed by atoms with Crippen LogP contribution in [0.4, 0.5) is 5.82 Å². The number of hydrogen-bond donors (Lipinski definition) is 2. The van der Waals surface area contributed by atoms with Gasteiger partial charge in [0.1, 0.15) is 12.4 Å². The van der Waals surface area contributed by atoms with Gasteiger partial charge in [0.25, 0.3) is 0 Å². The average molecular weight is 444 g/mol. The van der Waals surface area contributed by atoms with Gasteiger partial charge in [-0.05, 0) is 37.1 Å². The fourth-order valence-corrected chi connectivity index (χ4v) is 3.63. The summed E-state index contributed by atoms with van der Waals surface area (Å²) in [5, 5.41) is 23.2. The molecule has 0 bridgehead atoms. The molecule has 0 radical (unpaired) electrons. The summed E-state index contributed by atoms with van der Waals surface area (Å²) in [4.78, 5) is 20.9. The van der Waals surface area contributed by atoms with Gasteiger partial charge in [0.2, 0.25) is 5.91 Å². The van der Waals surface area contributed by atoms with Crippen molar-refractivity contribution < 1.29 is 9.53 Å². The summed E-state index contributed by atoms with van der Waals surface area (Å²) in [5.41, 5.74) is 3.00. The van der Waals surface area contributed by atoms with E-state index in [-0.39, 0.29) is 11.8 Å². The molecule has 0 saturated heterocycles. The summed E-state index contributed by atoms with van der Waals surface area (Å²) in [6.45, 7) is 0.363. The van der Waals surface area contributed by atoms with Gasteiger partial charge in [-0.2, -0.15) is 10.2 Å². The zero-order chi connectivity index (χ0) is 22.4. The summed E-state index contributed by atoms with van der Waals surface area (Å²) >= 11 is 0. The normalized spacial score (nSPS) is 13.7. The molecule has 1 fully saturated rings. The number of aromatic nitrogens is 9. The zero-order valence-corrected chi connectivity index (χ0v) is 17.8. The van der Waals surface area contributed by atoms with Crippen LogP contribution in [0.1, 0.15) is 30.2 Å². The van der Waals surface area contributed by atoms with Crippen molar-refractivity contribution >= 4 is 23.0 Å². The summed E-state index contributed by atoms with van der Waals surface area (Å²) < 4.78 is 8.66. The number of imidazole rings is 1. The molecule has 2 N–H and O–H groups in total. The quantitative estimate of drug-likeness (QED) is 0.386. The third-order valence-electron chi connectivity index (χ3n) is 5.46. The Hall–Kier alpha value is -4.19. The van der Waals surface area contributed by atoms with Gasteiger partial charge in [-0.25, -0.2) is 14.5 Å². The van der Waals surface area contributed by atoms with Crippen LogP contribution >= 0.6 is 0 Å². The van der Waals surface area contributed by atoms with Gasteiger partial charge in [-0.1, -0.05) is 0 Å². The summed E-state index contributed by atoms with van der Waals surface area (Å²) in [6, 6.07) is 7.54. The molecule has 5 aromatic heterocycles. The second kappa shape index (κ2) is 7.74. The van der Waals surface area contributed by atoms with Crippen molar-refractivity contribution in [2.75, 3.05) is 12.4 Å². The van der Waals surface area contributed by atoms with E-state index in [2.05, 4.69) is 40.8 Å². The van der Waals surface area contributed by atoms with E-state index >= 15 is 0 Å². The second-order valence-corrected chi connectivity index (χ2v) is 7.99. The Morgan fingerprint density at radius 1 is 1.15 bits per heavy atom. The molecule has 12 nitrogen and oxygen atoms in total. The number of aromatic amines is 1. The minimum absolute atomic E-state index is 0.0186. The highest BCUT2D eigenvalue weighted by molar-refractivity contribution is 5.93. The molecule has 166 valence electrons. The van der Waals surface area contributed by atoms with E-state index in [1.807, 2.05) is 34.9 Å². The predicted molar refractivity (Wildman–Crippen MR) is 116 cm³/mol. The third kappa shape index (κ3) is 3.80. The van der Waals surface area contributed by atoms with Gasteiger partial charge in [-0.3, -0.25) is 14.3 Å². The first-order chi connectivity index (χ1) is 16.2. The van der Waals surface area contributed by atoms with Crippen LogP contribution < -0.4 is 5.32 Å². The molecule has 33 heavy (non-hydrogen) atoms. The monoisotopic (exact) mass is 444 g/mol. The number of hydrogen-bond acceptors (Lipinski definition) is 8. The molecule has 0 aliphatic heterocycles. The maximum atomic E-state index is 12.0. The number of anilines is 1. The Bertz CT molecular complexity index is 1480. The molecule has 1 aliphatic carbocycles. The van der Waals surface area contributed by atoms with E-state index in [0.29, 0.717) is 36.1 Å². The lowest BCUT2D eigenvalue weighted by molar-refractivity contribution is -0.117. The maximum absolute atomic E-state index is 12.0. The first-order valence-electron chi connectivity index (χ1n) is 10.6. The molecule has 0 spiro atoms. The van der Waals surface area contributed by atoms with Crippen LogP contribution in [0.3, 0.4) is 0 Å². The predicted octanol–water partition coefficient (Wildman–Crippen LogP) is 1.64. The van der Waals surface area contributed by atoms with Crippen molar-refractivity contribution in [2.24, 2.45) is 5.92 Å². The SMILES string of the molecule is COCc1nc(-c2ccc3nnc(Cc4ccc5nc(NC(=O)C6CC6)cn5n4)n3c2)n[nH]1. The molecule has 6 rings (SSSR count). The largest absolute Gasteiger partial charge is 0.377 e. The molecule has 5 aromatic rings. The van der Waals surface area contributed by atoms with Crippen LogP contribution in [0.25, 0.3) is 22.7 Å². The summed E-state index contributed by atoms with van der Waals surface area (Å²) in [6.07, 6.45) is 5.98. The molecular weight excluding hydrogens is 424 g/mol. The van der Waals surface area contributed by atoms with Crippen molar-refractivity contribution in [1.82, 2.24) is 44.4 Å². The van der Waals surface area contributed by atoms with Gasteiger partial charge >= 0.3 is 0 Å². The lowest BCUT2D eigenvalue weighted by Crippen LogP contribution is -2.13. The number of fused-ring (bicyclic) bond motifs is 2. The highest BCUT2D eigenvalue weighted by atomic mass is 16.5. The third-order valence-corrected chi connectivity index (χ3v) is 5.46. The number of methoxy groups -OCH3 is 1. The molecule has 1 amide bonds. The number of ether oxygens (including phenoxy) is 1. The standard InChI is InChI=1S/C21H20N10O2/c1-33-11-16-23-20(28-25-16)13-4-6-18-26-27-19(30(18)9-13)8-14-5-7-17-22-15(10-31(17)29-14)24-21(32)12-2-3-12/h4-7,9-10,12H,2-3,8,11H2,1H3,(H,24,32)(H,23,25,28). The molecule has 0 unspecified atom stereocenters. The Balaban J connectivity index is 1.26. The smallest absolute Gasteiger partial charge is 0.228 e. The van der Waals surface area contributed by atoms with E-state index in [9.17, 15) is 4.79 Å². The van der Waals surface area contributed by atoms with E-state index in [1.165, 1.54) is 0 Å². The lowest BCUT2D eigenvalue weighted by atomic mass is 10.2. The number of nitrogens with zero attached hydrogens (tertiary/aromatic N) is 8. The fourth-order valence-electron chi connectivity index (χ4n) is 3.63. The fraction of sp³-hybridized carbons (Fsp3) is 0.286. The van der Waals surface area contributed by atoms with Gasteiger partial charge in [0, 0.05) is 24.8 Å². The van der Waals surface area contributed by atoms with Gasteiger partial charge in [0.05, 0.1) is 18.3 Å². The van der Waals surface area contributed by atoms with Gasteiger partial charge < -0.3 is 10.1 Å². The number of rotatable bonds is 7. The van der Waals surface area contributed by atoms with Crippen molar-refractivity contribution in [3.63, 3.8) is 0 Å². The number of pyridine rings is 1. The van der Waals surface area contributed by atoms with Crippen LogP contribution in [0.15, 0.2) is 36.7 Å². The van der Waals surface area contributed by atoms with E-state index in [1.54, 1.807) is 17.8 Å². The lowest BCUT2D eigenvalue weighted by Gasteiger charge is -2.02. The first-order valence-corrected chi connectivity index (χ1v) is 10.6. The molecule has 5 heterocycles. The summed E-state index contributed by atoms with van der Waals surface area (Å²) in [7, 11) is 1.61. The molecular formula is C21H20N10O2. The van der Waals surface area contributed by atoms with Crippen LogP contribution in [-0.4, -0.2) is 57.4 Å². The molecule has 12 heteroatoms. The zero-order valence-electron chi connectivity index (χ0n) is 17.8. The molecule has 0 atom stereocenters. The van der Waals surface area contributed by atoms with Crippen molar-refractivity contribution in [3.05, 3.63) is 54.0 Å². The minimum atomic E-state index is 0.0186. The van der Waals surface area contributed by atoms with Crippen LogP contribution in [0.5, 0.6) is 0 Å². The van der Waals surface area contributed by atoms with Crippen molar-refractivity contribution in [2.45, 2.75) is 25.9 Å². The maximum Gasteiger partial charge on any atom is 0.228 e. The molecule has 0 aromatic carbocycles. The number of carbonyl (C=O) groups excluding carboxylic acids is 1. The highest BCUT2D eigenvalue weighted by Gasteiger charge is 2.30. The number of nitrogens with one attached hydrogen (secondary N) is 2. The Kier molecular flexibility index (Phi) is 4.57. The minimum Gasteiger partial charge on any atom is -0.377 e. The number of amides is 1. The van der Waals surface area contributed by atoms with Crippen molar-refractivity contribution in [1.29, 1.82) is 0 Å². The first kappa shape index (κ1) is 19.5. The Labute approximate surface area is 187 Å². The summed E-state index contributed by atoms with van der Waals surface area (Å²) in [5.74, 6) is 2.60. The van der Waals surface area contributed by atoms with E-state index < -0.39 is 0 Å². The number of H-pyrrole nitrogens is 1. The number of carbonyl (C=O) groups is 1.